The number of Topliss-reactive ketones (excluding diaryl/α,β-unsaturated/α-hetero) is 1. The molecule has 21 heavy (non-hydrogen) atoms. The summed E-state index contributed by atoms with van der Waals surface area (Å²) in [5.41, 5.74) is 2.40. The molecule has 0 amide bonds. The van der Waals surface area contributed by atoms with E-state index in [1.54, 1.807) is 12.1 Å². The van der Waals surface area contributed by atoms with Crippen LogP contribution in [0.3, 0.4) is 0 Å². The lowest BCUT2D eigenvalue weighted by Gasteiger charge is -2.20. The highest BCUT2D eigenvalue weighted by Crippen LogP contribution is 2.28. The van der Waals surface area contributed by atoms with Crippen molar-refractivity contribution in [2.45, 2.75) is 56.3 Å². The normalized spacial score (nSPS) is 19.4. The molecule has 0 atom stereocenters. The lowest BCUT2D eigenvalue weighted by atomic mass is 9.87. The van der Waals surface area contributed by atoms with Crippen LogP contribution in [0, 0.1) is 5.92 Å². The summed E-state index contributed by atoms with van der Waals surface area (Å²) >= 11 is 0. The topological polar surface area (TPSA) is 51.2 Å². The summed E-state index contributed by atoms with van der Waals surface area (Å²) in [5, 5.41) is 0. The summed E-state index contributed by atoms with van der Waals surface area (Å²) in [6.45, 7) is 0. The van der Waals surface area contributed by atoms with Crippen molar-refractivity contribution >= 4 is 15.6 Å². The Bertz CT molecular complexity index is 640. The summed E-state index contributed by atoms with van der Waals surface area (Å²) in [7, 11) is -3.48. The van der Waals surface area contributed by atoms with E-state index in [0.29, 0.717) is 4.90 Å². The summed E-state index contributed by atoms with van der Waals surface area (Å²) < 4.78 is 24.9. The third-order valence-corrected chi connectivity index (χ3v) is 6.46. The number of hydrogen-bond donors (Lipinski definition) is 0. The van der Waals surface area contributed by atoms with E-state index in [1.807, 2.05) is 6.07 Å². The zero-order chi connectivity index (χ0) is 14.9. The van der Waals surface area contributed by atoms with Gasteiger partial charge in [0.05, 0.1) is 4.90 Å². The largest absolute Gasteiger partial charge is 0.298 e. The second kappa shape index (κ2) is 5.91. The van der Waals surface area contributed by atoms with E-state index in [9.17, 15) is 13.2 Å². The van der Waals surface area contributed by atoms with Crippen molar-refractivity contribution in [1.82, 2.24) is 0 Å². The first-order chi connectivity index (χ1) is 10.1. The molecule has 114 valence electrons. The zero-order valence-corrected chi connectivity index (χ0v) is 13.1. The van der Waals surface area contributed by atoms with Crippen LogP contribution in [0.5, 0.6) is 0 Å². The van der Waals surface area contributed by atoms with Crippen LogP contribution in [-0.2, 0) is 27.5 Å². The maximum Gasteiger partial charge on any atom is 0.185 e. The van der Waals surface area contributed by atoms with Gasteiger partial charge in [0, 0.05) is 5.92 Å². The van der Waals surface area contributed by atoms with Crippen molar-refractivity contribution in [2.24, 2.45) is 5.92 Å². The smallest absolute Gasteiger partial charge is 0.185 e. The number of carbonyl (C=O) groups excluding carboxylic acids is 1. The summed E-state index contributed by atoms with van der Waals surface area (Å²) in [5.74, 6) is -0.450. The molecule has 3 rings (SSSR count). The Kier molecular flexibility index (Phi) is 4.16. The Morgan fingerprint density at radius 1 is 1.00 bits per heavy atom. The predicted molar refractivity (Wildman–Crippen MR) is 82.1 cm³/mol. The first-order valence-corrected chi connectivity index (χ1v) is 9.59. The van der Waals surface area contributed by atoms with Gasteiger partial charge < -0.3 is 0 Å². The maximum atomic E-state index is 12.5. The van der Waals surface area contributed by atoms with Crippen LogP contribution in [0.1, 0.15) is 49.7 Å². The molecule has 4 heteroatoms. The molecule has 1 saturated carbocycles. The number of sulfone groups is 1. The molecule has 0 saturated heterocycles. The zero-order valence-electron chi connectivity index (χ0n) is 12.3. The van der Waals surface area contributed by atoms with Crippen LogP contribution in [0.4, 0.5) is 0 Å². The number of hydrogen-bond acceptors (Lipinski definition) is 3. The molecule has 2 aliphatic rings. The predicted octanol–water partition coefficient (Wildman–Crippen LogP) is 3.10. The molecule has 0 aliphatic heterocycles. The summed E-state index contributed by atoms with van der Waals surface area (Å²) in [4.78, 5) is 12.6. The SMILES string of the molecule is O=C(CS(=O)(=O)c1ccc2c(c1)CCC2)C1CCCCC1. The molecular weight excluding hydrogens is 284 g/mol. The van der Waals surface area contributed by atoms with Crippen molar-refractivity contribution in [2.75, 3.05) is 5.75 Å². The van der Waals surface area contributed by atoms with Crippen LogP contribution in [0.15, 0.2) is 23.1 Å². The van der Waals surface area contributed by atoms with Gasteiger partial charge in [-0.3, -0.25) is 4.79 Å². The fraction of sp³-hybridized carbons (Fsp3) is 0.588. The first kappa shape index (κ1) is 14.8. The minimum atomic E-state index is -3.48. The van der Waals surface area contributed by atoms with E-state index in [2.05, 4.69) is 0 Å². The van der Waals surface area contributed by atoms with Gasteiger partial charge in [-0.25, -0.2) is 8.42 Å². The van der Waals surface area contributed by atoms with Crippen molar-refractivity contribution in [3.63, 3.8) is 0 Å². The fourth-order valence-electron chi connectivity index (χ4n) is 3.55. The number of ketones is 1. The number of rotatable bonds is 4. The maximum absolute atomic E-state index is 12.5. The van der Waals surface area contributed by atoms with Gasteiger partial charge in [0.25, 0.3) is 0 Å². The molecule has 2 aliphatic carbocycles. The molecule has 0 spiro atoms. The Hall–Kier alpha value is -1.16. The summed E-state index contributed by atoms with van der Waals surface area (Å²) in [6, 6.07) is 5.37. The quantitative estimate of drug-likeness (QED) is 0.859. The van der Waals surface area contributed by atoms with Gasteiger partial charge in [-0.1, -0.05) is 25.3 Å². The molecule has 0 unspecified atom stereocenters. The van der Waals surface area contributed by atoms with Gasteiger partial charge in [0.2, 0.25) is 0 Å². The first-order valence-electron chi connectivity index (χ1n) is 7.93. The molecule has 1 aromatic rings. The third kappa shape index (κ3) is 3.20. The van der Waals surface area contributed by atoms with E-state index in [-0.39, 0.29) is 17.5 Å². The lowest BCUT2D eigenvalue weighted by molar-refractivity contribution is -0.121. The van der Waals surface area contributed by atoms with E-state index in [4.69, 9.17) is 0 Å². The van der Waals surface area contributed by atoms with Gasteiger partial charge in [-0.15, -0.1) is 0 Å². The molecule has 1 aromatic carbocycles. The number of benzene rings is 1. The molecule has 0 radical (unpaired) electrons. The highest BCUT2D eigenvalue weighted by Gasteiger charge is 2.27. The van der Waals surface area contributed by atoms with Crippen LogP contribution >= 0.6 is 0 Å². The molecule has 1 fully saturated rings. The number of aryl methyl sites for hydroxylation is 2. The van der Waals surface area contributed by atoms with Gasteiger partial charge >= 0.3 is 0 Å². The number of carbonyl (C=O) groups is 1. The molecule has 0 aromatic heterocycles. The highest BCUT2D eigenvalue weighted by molar-refractivity contribution is 7.92. The van der Waals surface area contributed by atoms with E-state index >= 15 is 0 Å². The minimum Gasteiger partial charge on any atom is -0.298 e. The number of fused-ring (bicyclic) bond motifs is 1. The van der Waals surface area contributed by atoms with Gasteiger partial charge in [0.1, 0.15) is 5.75 Å². The van der Waals surface area contributed by atoms with Crippen LogP contribution in [0.25, 0.3) is 0 Å². The Labute approximate surface area is 126 Å². The molecule has 0 bridgehead atoms. The second-order valence-electron chi connectivity index (χ2n) is 6.34. The molecular formula is C17H22O3S. The van der Waals surface area contributed by atoms with Crippen LogP contribution in [0.2, 0.25) is 0 Å². The van der Waals surface area contributed by atoms with Crippen molar-refractivity contribution in [1.29, 1.82) is 0 Å². The van der Waals surface area contributed by atoms with E-state index in [1.165, 1.54) is 12.0 Å². The Morgan fingerprint density at radius 3 is 2.48 bits per heavy atom. The summed E-state index contributed by atoms with van der Waals surface area (Å²) in [6.07, 6.45) is 8.08. The fourth-order valence-corrected chi connectivity index (χ4v) is 4.93. The lowest BCUT2D eigenvalue weighted by Crippen LogP contribution is -2.25. The van der Waals surface area contributed by atoms with Crippen LogP contribution in [-0.4, -0.2) is 20.0 Å². The molecule has 0 N–H and O–H groups in total. The van der Waals surface area contributed by atoms with Crippen molar-refractivity contribution in [3.8, 4) is 0 Å². The Morgan fingerprint density at radius 2 is 1.71 bits per heavy atom. The van der Waals surface area contributed by atoms with Gasteiger partial charge in [0.15, 0.2) is 15.6 Å². The van der Waals surface area contributed by atoms with Crippen molar-refractivity contribution < 1.29 is 13.2 Å². The minimum absolute atomic E-state index is 0.0389. The monoisotopic (exact) mass is 306 g/mol. The van der Waals surface area contributed by atoms with E-state index < -0.39 is 9.84 Å². The highest BCUT2D eigenvalue weighted by atomic mass is 32.2. The van der Waals surface area contributed by atoms with Crippen LogP contribution < -0.4 is 0 Å². The second-order valence-corrected chi connectivity index (χ2v) is 8.33. The molecule has 3 nitrogen and oxygen atoms in total. The standard InChI is InChI=1S/C17H22O3S/c18-17(14-5-2-1-3-6-14)12-21(19,20)16-10-9-13-7-4-8-15(13)11-16/h9-11,14H,1-8,12H2. The molecule has 0 heterocycles. The Balaban J connectivity index is 1.75. The third-order valence-electron chi connectivity index (χ3n) is 4.82. The van der Waals surface area contributed by atoms with E-state index in [0.717, 1.165) is 50.5 Å². The van der Waals surface area contributed by atoms with Gasteiger partial charge in [-0.2, -0.15) is 0 Å². The average Bonchev–Trinajstić information content (AvgIpc) is 2.95. The van der Waals surface area contributed by atoms with Gasteiger partial charge in [-0.05, 0) is 55.4 Å². The average molecular weight is 306 g/mol. The van der Waals surface area contributed by atoms with Crippen molar-refractivity contribution in [3.05, 3.63) is 29.3 Å².